The van der Waals surface area contributed by atoms with Crippen molar-refractivity contribution in [3.8, 4) is 11.3 Å². The fourth-order valence-corrected chi connectivity index (χ4v) is 2.94. The largest absolute Gasteiger partial charge is 0.378 e. The molecule has 0 saturated carbocycles. The van der Waals surface area contributed by atoms with Crippen LogP contribution in [-0.4, -0.2) is 43.0 Å². The zero-order chi connectivity index (χ0) is 16.2. The van der Waals surface area contributed by atoms with E-state index < -0.39 is 0 Å². The van der Waals surface area contributed by atoms with Gasteiger partial charge in [0.05, 0.1) is 5.69 Å². The summed E-state index contributed by atoms with van der Waals surface area (Å²) < 4.78 is 0. The number of hydrogen-bond acceptors (Lipinski definition) is 3. The number of benzene rings is 1. The maximum Gasteiger partial charge on any atom is 0.253 e. The quantitative estimate of drug-likeness (QED) is 0.871. The van der Waals surface area contributed by atoms with Crippen molar-refractivity contribution in [1.82, 2.24) is 9.88 Å². The number of likely N-dealkylation sites (tertiary alicyclic amines) is 1. The summed E-state index contributed by atoms with van der Waals surface area (Å²) in [4.78, 5) is 21.1. The van der Waals surface area contributed by atoms with Crippen molar-refractivity contribution in [1.29, 1.82) is 0 Å². The summed E-state index contributed by atoms with van der Waals surface area (Å²) in [5.74, 6) is 0.122. The maximum atomic E-state index is 12.6. The summed E-state index contributed by atoms with van der Waals surface area (Å²) in [7, 11) is 4.03. The Labute approximate surface area is 137 Å². The van der Waals surface area contributed by atoms with Gasteiger partial charge in [-0.2, -0.15) is 0 Å². The average molecular weight is 309 g/mol. The molecular weight excluding hydrogens is 286 g/mol. The third-order valence-electron chi connectivity index (χ3n) is 4.31. The van der Waals surface area contributed by atoms with Gasteiger partial charge in [-0.1, -0.05) is 12.1 Å². The number of amides is 1. The molecule has 1 amide bonds. The molecule has 0 aliphatic carbocycles. The van der Waals surface area contributed by atoms with E-state index in [4.69, 9.17) is 0 Å². The van der Waals surface area contributed by atoms with Gasteiger partial charge in [0.1, 0.15) is 0 Å². The van der Waals surface area contributed by atoms with Gasteiger partial charge in [0.2, 0.25) is 0 Å². The van der Waals surface area contributed by atoms with Gasteiger partial charge in [-0.3, -0.25) is 9.78 Å². The lowest BCUT2D eigenvalue weighted by Gasteiger charge is -2.26. The van der Waals surface area contributed by atoms with Crippen LogP contribution in [0.5, 0.6) is 0 Å². The van der Waals surface area contributed by atoms with Crippen LogP contribution in [0.1, 0.15) is 29.6 Å². The van der Waals surface area contributed by atoms with Crippen molar-refractivity contribution < 1.29 is 4.79 Å². The Morgan fingerprint density at radius 2 is 1.87 bits per heavy atom. The fraction of sp³-hybridized carbons (Fsp3) is 0.368. The molecule has 120 valence electrons. The van der Waals surface area contributed by atoms with Crippen LogP contribution in [-0.2, 0) is 0 Å². The van der Waals surface area contributed by atoms with Crippen molar-refractivity contribution in [3.05, 3.63) is 48.2 Å². The summed E-state index contributed by atoms with van der Waals surface area (Å²) in [6.07, 6.45) is 5.17. The van der Waals surface area contributed by atoms with Gasteiger partial charge in [-0.05, 0) is 43.5 Å². The second kappa shape index (κ2) is 6.82. The first kappa shape index (κ1) is 15.5. The molecule has 0 N–H and O–H groups in total. The lowest BCUT2D eigenvalue weighted by Crippen LogP contribution is -2.35. The third kappa shape index (κ3) is 3.52. The lowest BCUT2D eigenvalue weighted by atomic mass is 10.1. The third-order valence-corrected chi connectivity index (χ3v) is 4.31. The van der Waals surface area contributed by atoms with Crippen LogP contribution < -0.4 is 4.90 Å². The van der Waals surface area contributed by atoms with E-state index in [1.54, 1.807) is 6.20 Å². The van der Waals surface area contributed by atoms with E-state index in [0.717, 1.165) is 48.4 Å². The molecule has 1 aromatic heterocycles. The first-order valence-electron chi connectivity index (χ1n) is 8.18. The van der Waals surface area contributed by atoms with Gasteiger partial charge in [-0.25, -0.2) is 0 Å². The normalized spacial score (nSPS) is 14.6. The van der Waals surface area contributed by atoms with Crippen LogP contribution in [0, 0.1) is 0 Å². The predicted molar refractivity (Wildman–Crippen MR) is 93.8 cm³/mol. The molecule has 0 spiro atoms. The lowest BCUT2D eigenvalue weighted by molar-refractivity contribution is 0.0724. The molecule has 1 saturated heterocycles. The Morgan fingerprint density at radius 3 is 2.61 bits per heavy atom. The van der Waals surface area contributed by atoms with Crippen LogP contribution >= 0.6 is 0 Å². The average Bonchev–Trinajstić information content (AvgIpc) is 2.62. The summed E-state index contributed by atoms with van der Waals surface area (Å²) in [6, 6.07) is 11.9. The molecule has 4 heteroatoms. The molecule has 1 aromatic carbocycles. The zero-order valence-electron chi connectivity index (χ0n) is 13.8. The Kier molecular flexibility index (Phi) is 4.60. The van der Waals surface area contributed by atoms with Crippen molar-refractivity contribution >= 4 is 11.6 Å². The van der Waals surface area contributed by atoms with E-state index in [1.165, 1.54) is 6.42 Å². The fourth-order valence-electron chi connectivity index (χ4n) is 2.94. The maximum absolute atomic E-state index is 12.6. The standard InChI is InChI=1S/C19H23N3O/c1-21(2)17-8-6-7-15(13-17)18-14-16(9-10-20-18)19(23)22-11-4-3-5-12-22/h6-10,13-14H,3-5,11-12H2,1-2H3. The molecule has 2 aromatic rings. The minimum Gasteiger partial charge on any atom is -0.378 e. The Morgan fingerprint density at radius 1 is 1.09 bits per heavy atom. The number of anilines is 1. The summed E-state index contributed by atoms with van der Waals surface area (Å²) in [6.45, 7) is 1.74. The Hall–Kier alpha value is -2.36. The zero-order valence-corrected chi connectivity index (χ0v) is 13.8. The highest BCUT2D eigenvalue weighted by molar-refractivity contribution is 5.95. The van der Waals surface area contributed by atoms with Gasteiger partial charge in [0.15, 0.2) is 0 Å². The highest BCUT2D eigenvalue weighted by atomic mass is 16.2. The smallest absolute Gasteiger partial charge is 0.253 e. The van der Waals surface area contributed by atoms with E-state index >= 15 is 0 Å². The van der Waals surface area contributed by atoms with Crippen LogP contribution in [0.2, 0.25) is 0 Å². The highest BCUT2D eigenvalue weighted by Crippen LogP contribution is 2.23. The topological polar surface area (TPSA) is 36.4 Å². The Bertz CT molecular complexity index is 691. The van der Waals surface area contributed by atoms with Gasteiger partial charge in [-0.15, -0.1) is 0 Å². The first-order chi connectivity index (χ1) is 11.1. The second-order valence-corrected chi connectivity index (χ2v) is 6.23. The SMILES string of the molecule is CN(C)c1cccc(-c2cc(C(=O)N3CCCCC3)ccn2)c1. The molecule has 2 heterocycles. The molecule has 1 fully saturated rings. The minimum atomic E-state index is 0.122. The van der Waals surface area contributed by atoms with Crippen LogP contribution in [0.15, 0.2) is 42.6 Å². The highest BCUT2D eigenvalue weighted by Gasteiger charge is 2.18. The molecule has 0 unspecified atom stereocenters. The number of rotatable bonds is 3. The second-order valence-electron chi connectivity index (χ2n) is 6.23. The van der Waals surface area contributed by atoms with E-state index in [1.807, 2.05) is 43.3 Å². The van der Waals surface area contributed by atoms with E-state index in [9.17, 15) is 4.79 Å². The molecule has 23 heavy (non-hydrogen) atoms. The number of piperidine rings is 1. The molecular formula is C19H23N3O. The van der Waals surface area contributed by atoms with Gasteiger partial charge < -0.3 is 9.80 Å². The number of pyridine rings is 1. The van der Waals surface area contributed by atoms with Gasteiger partial charge in [0, 0.05) is 50.2 Å². The van der Waals surface area contributed by atoms with Crippen molar-refractivity contribution in [2.24, 2.45) is 0 Å². The van der Waals surface area contributed by atoms with E-state index in [-0.39, 0.29) is 5.91 Å². The molecule has 4 nitrogen and oxygen atoms in total. The van der Waals surface area contributed by atoms with Crippen molar-refractivity contribution in [2.75, 3.05) is 32.1 Å². The molecule has 3 rings (SSSR count). The molecule has 0 radical (unpaired) electrons. The number of aromatic nitrogens is 1. The number of carbonyl (C=O) groups excluding carboxylic acids is 1. The molecule has 1 aliphatic heterocycles. The van der Waals surface area contributed by atoms with Crippen LogP contribution in [0.3, 0.4) is 0 Å². The minimum absolute atomic E-state index is 0.122. The monoisotopic (exact) mass is 309 g/mol. The summed E-state index contributed by atoms with van der Waals surface area (Å²) in [5.41, 5.74) is 3.73. The molecule has 1 aliphatic rings. The van der Waals surface area contributed by atoms with Crippen molar-refractivity contribution in [3.63, 3.8) is 0 Å². The number of hydrogen-bond donors (Lipinski definition) is 0. The van der Waals surface area contributed by atoms with Crippen LogP contribution in [0.4, 0.5) is 5.69 Å². The van der Waals surface area contributed by atoms with E-state index in [2.05, 4.69) is 22.0 Å². The predicted octanol–water partition coefficient (Wildman–Crippen LogP) is 3.44. The van der Waals surface area contributed by atoms with Gasteiger partial charge >= 0.3 is 0 Å². The van der Waals surface area contributed by atoms with Crippen LogP contribution in [0.25, 0.3) is 11.3 Å². The van der Waals surface area contributed by atoms with E-state index in [0.29, 0.717) is 0 Å². The summed E-state index contributed by atoms with van der Waals surface area (Å²) >= 11 is 0. The molecule has 0 bridgehead atoms. The number of carbonyl (C=O) groups is 1. The summed E-state index contributed by atoms with van der Waals surface area (Å²) in [5, 5.41) is 0. The van der Waals surface area contributed by atoms with Gasteiger partial charge in [0.25, 0.3) is 5.91 Å². The van der Waals surface area contributed by atoms with Crippen molar-refractivity contribution in [2.45, 2.75) is 19.3 Å². The number of nitrogens with zero attached hydrogens (tertiary/aromatic N) is 3. The first-order valence-corrected chi connectivity index (χ1v) is 8.18. The molecule has 0 atom stereocenters. The Balaban J connectivity index is 1.87.